The van der Waals surface area contributed by atoms with Crippen molar-refractivity contribution in [3.05, 3.63) is 35.4 Å². The van der Waals surface area contributed by atoms with E-state index in [1.807, 2.05) is 0 Å². The lowest BCUT2D eigenvalue weighted by Crippen LogP contribution is -1.97. The molecule has 0 amide bonds. The van der Waals surface area contributed by atoms with Crippen LogP contribution in [0.1, 0.15) is 24.2 Å². The fourth-order valence-corrected chi connectivity index (χ4v) is 1.24. The second kappa shape index (κ2) is 5.21. The number of rotatable bonds is 4. The van der Waals surface area contributed by atoms with Crippen LogP contribution in [0, 0.1) is 0 Å². The number of hydrogen-bond acceptors (Lipinski definition) is 4. The minimum atomic E-state index is -2.48. The molecule has 14 heavy (non-hydrogen) atoms. The molecule has 0 saturated carbocycles. The van der Waals surface area contributed by atoms with Crippen LogP contribution in [0.5, 0.6) is 0 Å². The van der Waals surface area contributed by atoms with Crippen LogP contribution in [0.15, 0.2) is 24.3 Å². The molecule has 0 aliphatic carbocycles. The van der Waals surface area contributed by atoms with E-state index in [-0.39, 0.29) is 6.61 Å². The van der Waals surface area contributed by atoms with Gasteiger partial charge in [-0.25, -0.2) is 4.21 Å². The smallest absolute Gasteiger partial charge is 0.0879 e. The van der Waals surface area contributed by atoms with Crippen molar-refractivity contribution in [2.45, 2.75) is 19.6 Å². The lowest BCUT2D eigenvalue weighted by atomic mass is 10.1. The van der Waals surface area contributed by atoms with Crippen LogP contribution < -0.4 is 0 Å². The number of aliphatic hydroxyl groups excluding tert-OH is 1. The lowest BCUT2D eigenvalue weighted by Gasteiger charge is -2.07. The van der Waals surface area contributed by atoms with Gasteiger partial charge in [0.2, 0.25) is 0 Å². The van der Waals surface area contributed by atoms with Gasteiger partial charge in [-0.3, -0.25) is 4.18 Å². The molecule has 0 radical (unpaired) electrons. The summed E-state index contributed by atoms with van der Waals surface area (Å²) >= 11 is -2.48. The van der Waals surface area contributed by atoms with E-state index in [0.717, 1.165) is 11.1 Å². The van der Waals surface area contributed by atoms with Gasteiger partial charge in [0.15, 0.2) is 0 Å². The van der Waals surface area contributed by atoms with Crippen molar-refractivity contribution in [3.8, 4) is 0 Å². The van der Waals surface area contributed by atoms with Crippen LogP contribution in [-0.4, -0.2) is 13.9 Å². The molecule has 78 valence electrons. The third kappa shape index (κ3) is 3.55. The summed E-state index contributed by atoms with van der Waals surface area (Å²) in [7, 11) is 0. The van der Waals surface area contributed by atoms with Crippen molar-refractivity contribution in [1.29, 1.82) is 0 Å². The van der Waals surface area contributed by atoms with Crippen molar-refractivity contribution in [3.63, 3.8) is 0 Å². The number of benzene rings is 1. The van der Waals surface area contributed by atoms with Crippen LogP contribution in [0.3, 0.4) is 0 Å². The van der Waals surface area contributed by atoms with Gasteiger partial charge in [0.05, 0.1) is 24.1 Å². The Morgan fingerprint density at radius 3 is 2.50 bits per heavy atom. The molecule has 2 unspecified atom stereocenters. The summed E-state index contributed by atoms with van der Waals surface area (Å²) in [5.74, 6) is 0. The van der Waals surface area contributed by atoms with E-state index >= 15 is 0 Å². The molecule has 0 heterocycles. The molecule has 1 N–H and O–H groups in total. The highest BCUT2D eigenvalue weighted by molar-refractivity contribution is 7.74. The average molecular weight is 215 g/mol. The Morgan fingerprint density at radius 2 is 2.07 bits per heavy atom. The van der Waals surface area contributed by atoms with Crippen LogP contribution in [0.2, 0.25) is 0 Å². The fourth-order valence-electron chi connectivity index (χ4n) is 1.01. The zero-order valence-electron chi connectivity index (χ0n) is 7.67. The van der Waals surface area contributed by atoms with Gasteiger partial charge in [0.1, 0.15) is 0 Å². The number of hydrogen-bond donors (Lipinski definition) is 1. The van der Waals surface area contributed by atoms with Crippen LogP contribution in [0.4, 0.5) is 0 Å². The third-order valence-electron chi connectivity index (χ3n) is 1.78. The first-order valence-electron chi connectivity index (χ1n) is 4.09. The maximum atomic E-state index is 10.1. The molecule has 0 aliphatic rings. The molecule has 0 aliphatic heterocycles. The molecule has 0 bridgehead atoms. The van der Waals surface area contributed by atoms with Crippen molar-refractivity contribution >= 4 is 11.4 Å². The molecule has 4 nitrogen and oxygen atoms in total. The maximum Gasteiger partial charge on any atom is 0.0879 e. The largest absolute Gasteiger partial charge is 0.750 e. The summed E-state index contributed by atoms with van der Waals surface area (Å²) in [5, 5.41) is 9.20. The summed E-state index contributed by atoms with van der Waals surface area (Å²) in [5.41, 5.74) is 1.54. The average Bonchev–Trinajstić information content (AvgIpc) is 2.15. The highest BCUT2D eigenvalue weighted by atomic mass is 32.2. The summed E-state index contributed by atoms with van der Waals surface area (Å²) in [6, 6.07) is 6.90. The Kier molecular flexibility index (Phi) is 4.21. The summed E-state index contributed by atoms with van der Waals surface area (Å²) in [6.45, 7) is 1.69. The number of aliphatic hydroxyl groups is 1. The van der Waals surface area contributed by atoms with Gasteiger partial charge in [-0.2, -0.15) is 0 Å². The van der Waals surface area contributed by atoms with Crippen molar-refractivity contribution in [2.24, 2.45) is 0 Å². The molecule has 0 saturated heterocycles. The Morgan fingerprint density at radius 1 is 1.50 bits per heavy atom. The van der Waals surface area contributed by atoms with E-state index in [9.17, 15) is 13.9 Å². The monoisotopic (exact) mass is 215 g/mol. The second-order valence-electron chi connectivity index (χ2n) is 2.88. The van der Waals surface area contributed by atoms with Gasteiger partial charge in [-0.05, 0) is 18.1 Å². The first kappa shape index (κ1) is 11.3. The molecular weight excluding hydrogens is 204 g/mol. The Hall–Kier alpha value is -0.750. The molecular formula is C9H11O4S-. The zero-order valence-corrected chi connectivity index (χ0v) is 8.49. The highest BCUT2D eigenvalue weighted by Gasteiger charge is 2.00. The third-order valence-corrected chi connectivity index (χ3v) is 2.09. The van der Waals surface area contributed by atoms with Gasteiger partial charge in [-0.1, -0.05) is 24.3 Å². The first-order chi connectivity index (χ1) is 6.59. The SMILES string of the molecule is CC(O)c1ccc(COS(=O)[O-])cc1. The van der Waals surface area contributed by atoms with Crippen LogP contribution in [-0.2, 0) is 22.2 Å². The van der Waals surface area contributed by atoms with Crippen molar-refractivity contribution in [2.75, 3.05) is 0 Å². The topological polar surface area (TPSA) is 69.6 Å². The molecule has 1 aromatic carbocycles. The molecule has 1 rings (SSSR count). The van der Waals surface area contributed by atoms with Crippen LogP contribution >= 0.6 is 0 Å². The van der Waals surface area contributed by atoms with E-state index in [1.54, 1.807) is 31.2 Å². The van der Waals surface area contributed by atoms with E-state index in [1.165, 1.54) is 0 Å². The highest BCUT2D eigenvalue weighted by Crippen LogP contribution is 2.13. The van der Waals surface area contributed by atoms with E-state index < -0.39 is 17.5 Å². The second-order valence-corrected chi connectivity index (χ2v) is 3.53. The predicted octanol–water partition coefficient (Wildman–Crippen LogP) is 1.05. The van der Waals surface area contributed by atoms with Gasteiger partial charge >= 0.3 is 0 Å². The molecule has 1 aromatic rings. The van der Waals surface area contributed by atoms with Gasteiger partial charge in [-0.15, -0.1) is 0 Å². The van der Waals surface area contributed by atoms with Crippen molar-refractivity contribution in [1.82, 2.24) is 0 Å². The van der Waals surface area contributed by atoms with E-state index in [4.69, 9.17) is 0 Å². The minimum absolute atomic E-state index is 0.0240. The standard InChI is InChI=1S/C9H12O4S/c1-7(10)9-4-2-8(3-5-9)6-13-14(11)12/h2-5,7,10H,6H2,1H3,(H,11,12)/p-1. The lowest BCUT2D eigenvalue weighted by molar-refractivity contribution is 0.199. The molecule has 2 atom stereocenters. The van der Waals surface area contributed by atoms with E-state index in [0.29, 0.717) is 0 Å². The van der Waals surface area contributed by atoms with Crippen LogP contribution in [0.25, 0.3) is 0 Å². The molecule has 5 heteroatoms. The Bertz CT molecular complexity index is 307. The van der Waals surface area contributed by atoms with Gasteiger partial charge < -0.3 is 9.66 Å². The molecule has 0 aromatic heterocycles. The normalized spacial score (nSPS) is 15.1. The maximum absolute atomic E-state index is 10.1. The quantitative estimate of drug-likeness (QED) is 0.762. The summed E-state index contributed by atoms with van der Waals surface area (Å²) in [6.07, 6.45) is -0.515. The summed E-state index contributed by atoms with van der Waals surface area (Å²) < 4.78 is 24.6. The summed E-state index contributed by atoms with van der Waals surface area (Å²) in [4.78, 5) is 0. The van der Waals surface area contributed by atoms with Gasteiger partial charge in [0, 0.05) is 0 Å². The van der Waals surface area contributed by atoms with Crippen molar-refractivity contribution < 1.29 is 18.1 Å². The predicted molar refractivity (Wildman–Crippen MR) is 50.8 cm³/mol. The Balaban J connectivity index is 2.59. The van der Waals surface area contributed by atoms with Gasteiger partial charge in [0.25, 0.3) is 0 Å². The van der Waals surface area contributed by atoms with E-state index in [2.05, 4.69) is 4.18 Å². The minimum Gasteiger partial charge on any atom is -0.750 e. The molecule has 0 spiro atoms. The molecule has 0 fully saturated rings. The first-order valence-corrected chi connectivity index (χ1v) is 5.09. The fraction of sp³-hybridized carbons (Fsp3) is 0.333. The zero-order chi connectivity index (χ0) is 10.6. The Labute approximate surface area is 85.0 Å².